The van der Waals surface area contributed by atoms with E-state index in [4.69, 9.17) is 5.26 Å². The van der Waals surface area contributed by atoms with Crippen LogP contribution in [0.5, 0.6) is 0 Å². The number of carbonyl (C=O) groups excluding carboxylic acids is 1. The smallest absolute Gasteiger partial charge is 0.160 e. The second kappa shape index (κ2) is 4.59. The van der Waals surface area contributed by atoms with Gasteiger partial charge in [-0.1, -0.05) is 26.8 Å². The minimum absolute atomic E-state index is 0.0231. The van der Waals surface area contributed by atoms with Crippen LogP contribution in [0.15, 0.2) is 17.5 Å². The second-order valence-electron chi connectivity index (χ2n) is 4.18. The van der Waals surface area contributed by atoms with Crippen LogP contribution in [0.3, 0.4) is 0 Å². The molecule has 0 bridgehead atoms. The summed E-state index contributed by atoms with van der Waals surface area (Å²) < 4.78 is 0. The van der Waals surface area contributed by atoms with E-state index in [1.165, 1.54) is 11.3 Å². The number of thiophene rings is 1. The van der Waals surface area contributed by atoms with E-state index in [1.807, 2.05) is 38.3 Å². The molecule has 0 radical (unpaired) electrons. The lowest BCUT2D eigenvalue weighted by Gasteiger charge is -2.23. The summed E-state index contributed by atoms with van der Waals surface area (Å²) in [6.45, 7) is 5.77. The normalized spacial score (nSPS) is 13.2. The Hall–Kier alpha value is -1.14. The highest BCUT2D eigenvalue weighted by Crippen LogP contribution is 2.31. The summed E-state index contributed by atoms with van der Waals surface area (Å²) in [4.78, 5) is 13.0. The predicted octanol–water partition coefficient (Wildman–Crippen LogP) is 3.36. The first-order valence-electron chi connectivity index (χ1n) is 5.00. The lowest BCUT2D eigenvalue weighted by atomic mass is 9.79. The second-order valence-corrected chi connectivity index (χ2v) is 5.16. The molecular weight excluding hydrogens is 206 g/mol. The molecule has 80 valence electrons. The fourth-order valence-corrected chi connectivity index (χ4v) is 2.04. The fourth-order valence-electron chi connectivity index (χ4n) is 1.27. The fraction of sp³-hybridized carbons (Fsp3) is 0.500. The summed E-state index contributed by atoms with van der Waals surface area (Å²) in [5.74, 6) is -0.574. The monoisotopic (exact) mass is 221 g/mol. The molecule has 3 heteroatoms. The van der Waals surface area contributed by atoms with Crippen molar-refractivity contribution in [2.75, 3.05) is 0 Å². The predicted molar refractivity (Wildman–Crippen MR) is 61.8 cm³/mol. The Morgan fingerprint density at radius 2 is 2.33 bits per heavy atom. The summed E-state index contributed by atoms with van der Waals surface area (Å²) in [6, 6.07) is 5.83. The Morgan fingerprint density at radius 3 is 2.73 bits per heavy atom. The van der Waals surface area contributed by atoms with E-state index < -0.39 is 11.3 Å². The first-order valence-corrected chi connectivity index (χ1v) is 5.88. The van der Waals surface area contributed by atoms with Crippen LogP contribution in [0.1, 0.15) is 38.0 Å². The molecule has 1 aromatic rings. The van der Waals surface area contributed by atoms with Gasteiger partial charge in [0.25, 0.3) is 0 Å². The third kappa shape index (κ3) is 2.45. The topological polar surface area (TPSA) is 40.9 Å². The molecule has 0 aliphatic carbocycles. The molecule has 1 atom stereocenters. The summed E-state index contributed by atoms with van der Waals surface area (Å²) in [5.41, 5.74) is -0.412. The van der Waals surface area contributed by atoms with Crippen molar-refractivity contribution in [2.45, 2.75) is 33.1 Å². The van der Waals surface area contributed by atoms with Gasteiger partial charge in [-0.25, -0.2) is 0 Å². The van der Waals surface area contributed by atoms with E-state index in [1.54, 1.807) is 0 Å². The van der Waals surface area contributed by atoms with Gasteiger partial charge in [0.2, 0.25) is 0 Å². The molecule has 0 spiro atoms. The van der Waals surface area contributed by atoms with Crippen molar-refractivity contribution in [2.24, 2.45) is 5.41 Å². The third-order valence-electron chi connectivity index (χ3n) is 2.77. The Bertz CT molecular complexity index is 373. The summed E-state index contributed by atoms with van der Waals surface area (Å²) in [7, 11) is 0. The van der Waals surface area contributed by atoms with Crippen LogP contribution in [0.2, 0.25) is 0 Å². The van der Waals surface area contributed by atoms with Gasteiger partial charge in [-0.2, -0.15) is 5.26 Å². The van der Waals surface area contributed by atoms with Crippen molar-refractivity contribution < 1.29 is 4.79 Å². The maximum absolute atomic E-state index is 12.1. The van der Waals surface area contributed by atoms with Crippen LogP contribution in [0.25, 0.3) is 0 Å². The molecule has 2 nitrogen and oxygen atoms in total. The highest BCUT2D eigenvalue weighted by molar-refractivity contribution is 7.10. The van der Waals surface area contributed by atoms with Gasteiger partial charge in [-0.05, 0) is 17.9 Å². The average Bonchev–Trinajstić information content (AvgIpc) is 2.72. The number of nitrogens with zero attached hydrogens (tertiary/aromatic N) is 1. The molecule has 0 saturated heterocycles. The zero-order valence-electron chi connectivity index (χ0n) is 9.28. The molecule has 15 heavy (non-hydrogen) atoms. The molecule has 1 rings (SSSR count). The van der Waals surface area contributed by atoms with Gasteiger partial charge in [0, 0.05) is 10.3 Å². The largest absolute Gasteiger partial charge is 0.297 e. The lowest BCUT2D eigenvalue weighted by Crippen LogP contribution is -2.28. The molecule has 0 aliphatic rings. The number of Topliss-reactive ketones (excluding diaryl/α,β-unsaturated/α-hetero) is 1. The van der Waals surface area contributed by atoms with Gasteiger partial charge < -0.3 is 0 Å². The van der Waals surface area contributed by atoms with Crippen molar-refractivity contribution in [3.8, 4) is 6.07 Å². The van der Waals surface area contributed by atoms with Gasteiger partial charge in [-0.3, -0.25) is 4.79 Å². The molecule has 0 aromatic carbocycles. The van der Waals surface area contributed by atoms with Crippen LogP contribution in [-0.2, 0) is 4.79 Å². The third-order valence-corrected chi connectivity index (χ3v) is 3.71. The van der Waals surface area contributed by atoms with Crippen molar-refractivity contribution in [1.29, 1.82) is 5.26 Å². The van der Waals surface area contributed by atoms with Crippen molar-refractivity contribution in [1.82, 2.24) is 0 Å². The van der Waals surface area contributed by atoms with Gasteiger partial charge in [-0.15, -0.1) is 11.3 Å². The standard InChI is InChI=1S/C12H15NOS/c1-4-12(2,3)11(14)9(8-13)10-6-5-7-15-10/h5-7,9H,4H2,1-3H3. The number of nitriles is 1. The highest BCUT2D eigenvalue weighted by Gasteiger charge is 2.33. The van der Waals surface area contributed by atoms with Gasteiger partial charge in [0.15, 0.2) is 5.78 Å². The summed E-state index contributed by atoms with van der Waals surface area (Å²) in [5, 5.41) is 11.0. The summed E-state index contributed by atoms with van der Waals surface area (Å²) in [6.07, 6.45) is 0.759. The minimum Gasteiger partial charge on any atom is -0.297 e. The SMILES string of the molecule is CCC(C)(C)C(=O)C(C#N)c1cccs1. The number of ketones is 1. The molecule has 0 aliphatic heterocycles. The van der Waals surface area contributed by atoms with Crippen LogP contribution >= 0.6 is 11.3 Å². The molecule has 1 aromatic heterocycles. The Kier molecular flexibility index (Phi) is 3.65. The summed E-state index contributed by atoms with van der Waals surface area (Å²) >= 11 is 1.47. The maximum Gasteiger partial charge on any atom is 0.160 e. The van der Waals surface area contributed by atoms with Crippen LogP contribution < -0.4 is 0 Å². The van der Waals surface area contributed by atoms with Crippen molar-refractivity contribution >= 4 is 17.1 Å². The van der Waals surface area contributed by atoms with E-state index in [9.17, 15) is 4.79 Å². The van der Waals surface area contributed by atoms with Gasteiger partial charge in [0.05, 0.1) is 6.07 Å². The van der Waals surface area contributed by atoms with E-state index in [2.05, 4.69) is 6.07 Å². The number of hydrogen-bond acceptors (Lipinski definition) is 3. The Morgan fingerprint density at radius 1 is 1.67 bits per heavy atom. The molecule has 0 fully saturated rings. The quantitative estimate of drug-likeness (QED) is 0.782. The van der Waals surface area contributed by atoms with E-state index in [0.717, 1.165) is 11.3 Å². The molecule has 0 N–H and O–H groups in total. The average molecular weight is 221 g/mol. The molecular formula is C12H15NOS. The number of hydrogen-bond donors (Lipinski definition) is 0. The number of carbonyl (C=O) groups is 1. The van der Waals surface area contributed by atoms with Gasteiger partial charge in [0.1, 0.15) is 5.92 Å². The van der Waals surface area contributed by atoms with Crippen molar-refractivity contribution in [3.05, 3.63) is 22.4 Å². The zero-order valence-corrected chi connectivity index (χ0v) is 10.1. The first-order chi connectivity index (χ1) is 7.03. The number of rotatable bonds is 4. The van der Waals surface area contributed by atoms with Crippen LogP contribution in [-0.4, -0.2) is 5.78 Å². The minimum atomic E-state index is -0.597. The maximum atomic E-state index is 12.1. The molecule has 0 amide bonds. The van der Waals surface area contributed by atoms with Crippen molar-refractivity contribution in [3.63, 3.8) is 0 Å². The Labute approximate surface area is 94.5 Å². The zero-order chi connectivity index (χ0) is 11.5. The van der Waals surface area contributed by atoms with Crippen LogP contribution in [0, 0.1) is 16.7 Å². The lowest BCUT2D eigenvalue weighted by molar-refractivity contribution is -0.127. The molecule has 0 saturated carbocycles. The van der Waals surface area contributed by atoms with E-state index >= 15 is 0 Å². The molecule has 1 unspecified atom stereocenters. The van der Waals surface area contributed by atoms with E-state index in [0.29, 0.717) is 0 Å². The van der Waals surface area contributed by atoms with Crippen LogP contribution in [0.4, 0.5) is 0 Å². The van der Waals surface area contributed by atoms with Gasteiger partial charge >= 0.3 is 0 Å². The van der Waals surface area contributed by atoms with E-state index in [-0.39, 0.29) is 5.78 Å². The first kappa shape index (κ1) is 11.9. The Balaban J connectivity index is 2.96. The highest BCUT2D eigenvalue weighted by atomic mass is 32.1. The molecule has 1 heterocycles.